The molecule has 4 rings (SSSR count). The first-order chi connectivity index (χ1) is 13.4. The van der Waals surface area contributed by atoms with Gasteiger partial charge in [-0.05, 0) is 19.9 Å². The second-order valence-corrected chi connectivity index (χ2v) is 7.72. The van der Waals surface area contributed by atoms with Crippen LogP contribution in [0.4, 0.5) is 5.69 Å². The number of hydrogen-bond acceptors (Lipinski definition) is 7. The predicted octanol–water partition coefficient (Wildman–Crippen LogP) is 2.58. The van der Waals surface area contributed by atoms with Crippen LogP contribution in [0.2, 0.25) is 0 Å². The molecular formula is C20H17N3O4S. The number of carbonyl (C=O) groups excluding carboxylic acids is 2. The second kappa shape index (κ2) is 6.11. The topological polar surface area (TPSA) is 106 Å². The number of hydrogen-bond donors (Lipinski definition) is 1. The van der Waals surface area contributed by atoms with Crippen molar-refractivity contribution in [3.8, 4) is 11.8 Å². The van der Waals surface area contributed by atoms with Crippen LogP contribution in [0.15, 0.2) is 35.7 Å². The summed E-state index contributed by atoms with van der Waals surface area (Å²) in [5, 5.41) is 9.89. The molecule has 1 atom stereocenters. The van der Waals surface area contributed by atoms with Crippen LogP contribution < -0.4 is 15.4 Å². The molecule has 2 aliphatic heterocycles. The van der Waals surface area contributed by atoms with Crippen molar-refractivity contribution >= 4 is 28.9 Å². The molecule has 1 amide bonds. The van der Waals surface area contributed by atoms with Gasteiger partial charge in [-0.25, -0.2) is 4.79 Å². The molecule has 2 aromatic rings. The van der Waals surface area contributed by atoms with Gasteiger partial charge in [0.1, 0.15) is 17.2 Å². The molecule has 0 radical (unpaired) electrons. The van der Waals surface area contributed by atoms with E-state index in [-0.39, 0.29) is 35.3 Å². The number of likely N-dealkylation sites (N-methyl/N-ethyl adjacent to an activating group) is 1. The number of rotatable bonds is 2. The molecule has 1 aromatic carbocycles. The number of nitrogens with zero attached hydrogens (tertiary/aromatic N) is 2. The number of fused-ring (bicyclic) bond motifs is 4. The average molecular weight is 395 g/mol. The van der Waals surface area contributed by atoms with Gasteiger partial charge in [0.25, 0.3) is 0 Å². The minimum Gasteiger partial charge on any atom is -0.462 e. The van der Waals surface area contributed by atoms with Gasteiger partial charge >= 0.3 is 5.97 Å². The largest absolute Gasteiger partial charge is 0.462 e. The zero-order chi connectivity index (χ0) is 20.2. The molecule has 0 unspecified atom stereocenters. The number of thiophene rings is 1. The molecule has 1 spiro atoms. The standard InChI is InChI=1S/C20H17N3O4S/c1-4-26-18(24)14-10(2)28-16-15(14)27-17(22)12(9-21)20(16)11-7-5-6-8-13(11)23(3)19(20)25/h5-8H,4,22H2,1-3H3/t20-/m1/s1. The first-order valence-electron chi connectivity index (χ1n) is 8.66. The van der Waals surface area contributed by atoms with Gasteiger partial charge < -0.3 is 20.1 Å². The first-order valence-corrected chi connectivity index (χ1v) is 9.48. The number of ether oxygens (including phenoxy) is 2. The summed E-state index contributed by atoms with van der Waals surface area (Å²) < 4.78 is 10.9. The summed E-state index contributed by atoms with van der Waals surface area (Å²) in [6.45, 7) is 3.67. The number of benzene rings is 1. The minimum atomic E-state index is -1.43. The van der Waals surface area contributed by atoms with Gasteiger partial charge in [-0.15, -0.1) is 11.3 Å². The van der Waals surface area contributed by atoms with Crippen LogP contribution in [0.1, 0.15) is 32.6 Å². The number of nitriles is 1. The Morgan fingerprint density at radius 1 is 1.43 bits per heavy atom. The van der Waals surface area contributed by atoms with Crippen LogP contribution in [0.3, 0.4) is 0 Å². The van der Waals surface area contributed by atoms with E-state index in [9.17, 15) is 14.9 Å². The van der Waals surface area contributed by atoms with Crippen molar-refractivity contribution < 1.29 is 19.1 Å². The fraction of sp³-hybridized carbons (Fsp3) is 0.250. The summed E-state index contributed by atoms with van der Waals surface area (Å²) >= 11 is 1.24. The predicted molar refractivity (Wildman–Crippen MR) is 103 cm³/mol. The van der Waals surface area contributed by atoms with Crippen molar-refractivity contribution in [1.29, 1.82) is 5.26 Å². The SMILES string of the molecule is CCOC(=O)c1c(C)sc2c1OC(N)=C(C#N)[C@@]21C(=O)N(C)c2ccccc21. The molecule has 0 saturated heterocycles. The lowest BCUT2D eigenvalue weighted by atomic mass is 9.72. The van der Waals surface area contributed by atoms with Crippen molar-refractivity contribution in [3.05, 3.63) is 56.6 Å². The summed E-state index contributed by atoms with van der Waals surface area (Å²) in [6.07, 6.45) is 0. The molecule has 2 aliphatic rings. The monoisotopic (exact) mass is 395 g/mol. The van der Waals surface area contributed by atoms with E-state index in [0.29, 0.717) is 21.0 Å². The van der Waals surface area contributed by atoms with Gasteiger partial charge in [0.15, 0.2) is 11.2 Å². The van der Waals surface area contributed by atoms with Crippen LogP contribution in [0.5, 0.6) is 5.75 Å². The number of esters is 1. The van der Waals surface area contributed by atoms with Crippen LogP contribution in [-0.2, 0) is 14.9 Å². The normalized spacial score (nSPS) is 19.9. The van der Waals surface area contributed by atoms with Crippen molar-refractivity contribution in [2.24, 2.45) is 5.73 Å². The summed E-state index contributed by atoms with van der Waals surface area (Å²) in [5.74, 6) is -0.852. The molecule has 8 heteroatoms. The number of carbonyl (C=O) groups is 2. The van der Waals surface area contributed by atoms with Crippen LogP contribution >= 0.6 is 11.3 Å². The Hall–Kier alpha value is -3.31. The van der Waals surface area contributed by atoms with Crippen molar-refractivity contribution in [2.75, 3.05) is 18.6 Å². The maximum absolute atomic E-state index is 13.6. The zero-order valence-electron chi connectivity index (χ0n) is 15.5. The van der Waals surface area contributed by atoms with Gasteiger partial charge in [-0.3, -0.25) is 4.79 Å². The molecular weight excluding hydrogens is 378 g/mol. The summed E-state index contributed by atoms with van der Waals surface area (Å²) in [5.41, 5.74) is 6.25. The van der Waals surface area contributed by atoms with Gasteiger partial charge in [0.05, 0.1) is 11.5 Å². The zero-order valence-corrected chi connectivity index (χ0v) is 16.3. The molecule has 142 valence electrons. The smallest absolute Gasteiger partial charge is 0.343 e. The highest BCUT2D eigenvalue weighted by atomic mass is 32.1. The number of anilines is 1. The maximum atomic E-state index is 13.6. The van der Waals surface area contributed by atoms with E-state index in [2.05, 4.69) is 6.07 Å². The fourth-order valence-corrected chi connectivity index (χ4v) is 5.20. The van der Waals surface area contributed by atoms with Gasteiger partial charge in [0, 0.05) is 23.2 Å². The highest BCUT2D eigenvalue weighted by molar-refractivity contribution is 7.13. The third kappa shape index (κ3) is 2.02. The third-order valence-electron chi connectivity index (χ3n) is 5.10. The molecule has 1 aromatic heterocycles. The van der Waals surface area contributed by atoms with Crippen LogP contribution in [0.25, 0.3) is 0 Å². The second-order valence-electron chi connectivity index (χ2n) is 6.50. The van der Waals surface area contributed by atoms with E-state index < -0.39 is 11.4 Å². The van der Waals surface area contributed by atoms with Crippen molar-refractivity contribution in [2.45, 2.75) is 19.3 Å². The summed E-state index contributed by atoms with van der Waals surface area (Å²) in [6, 6.07) is 9.32. The van der Waals surface area contributed by atoms with E-state index in [0.717, 1.165) is 0 Å². The molecule has 0 aliphatic carbocycles. The van der Waals surface area contributed by atoms with E-state index >= 15 is 0 Å². The minimum absolute atomic E-state index is 0.0264. The lowest BCUT2D eigenvalue weighted by Gasteiger charge is -2.32. The highest BCUT2D eigenvalue weighted by Crippen LogP contribution is 2.58. The fourth-order valence-electron chi connectivity index (χ4n) is 3.93. The van der Waals surface area contributed by atoms with Crippen molar-refractivity contribution in [1.82, 2.24) is 0 Å². The van der Waals surface area contributed by atoms with Gasteiger partial charge in [-0.1, -0.05) is 18.2 Å². The molecule has 2 N–H and O–H groups in total. The molecule has 0 fully saturated rings. The Kier molecular flexibility index (Phi) is 3.94. The average Bonchev–Trinajstić information content (AvgIpc) is 3.11. The Balaban J connectivity index is 2.11. The van der Waals surface area contributed by atoms with Crippen LogP contribution in [0, 0.1) is 18.3 Å². The quantitative estimate of drug-likeness (QED) is 0.784. The van der Waals surface area contributed by atoms with E-state index in [4.69, 9.17) is 15.2 Å². The Morgan fingerprint density at radius 2 is 2.14 bits per heavy atom. The Bertz CT molecular complexity index is 1110. The molecule has 0 bridgehead atoms. The molecule has 7 nitrogen and oxygen atoms in total. The molecule has 0 saturated carbocycles. The van der Waals surface area contributed by atoms with Crippen molar-refractivity contribution in [3.63, 3.8) is 0 Å². The van der Waals surface area contributed by atoms with Gasteiger partial charge in [-0.2, -0.15) is 5.26 Å². The van der Waals surface area contributed by atoms with E-state index in [1.54, 1.807) is 33.0 Å². The molecule has 28 heavy (non-hydrogen) atoms. The number of aryl methyl sites for hydroxylation is 1. The summed E-state index contributed by atoms with van der Waals surface area (Å²) in [7, 11) is 1.66. The van der Waals surface area contributed by atoms with Crippen LogP contribution in [-0.4, -0.2) is 25.5 Å². The van der Waals surface area contributed by atoms with E-state index in [1.807, 2.05) is 12.1 Å². The Labute approximate surface area is 165 Å². The number of amides is 1. The van der Waals surface area contributed by atoms with E-state index in [1.165, 1.54) is 16.2 Å². The maximum Gasteiger partial charge on any atom is 0.343 e. The third-order valence-corrected chi connectivity index (χ3v) is 6.31. The first kappa shape index (κ1) is 18.1. The molecule has 3 heterocycles. The number of nitrogens with two attached hydrogens (primary N) is 1. The van der Waals surface area contributed by atoms with Gasteiger partial charge in [0.2, 0.25) is 11.8 Å². The highest BCUT2D eigenvalue weighted by Gasteiger charge is 2.60. The number of para-hydroxylation sites is 1. The Morgan fingerprint density at radius 3 is 2.82 bits per heavy atom. The summed E-state index contributed by atoms with van der Waals surface area (Å²) in [4.78, 5) is 28.7. The lowest BCUT2D eigenvalue weighted by Crippen LogP contribution is -2.44. The lowest BCUT2D eigenvalue weighted by molar-refractivity contribution is -0.120.